The Morgan fingerprint density at radius 3 is 3.12 bits per heavy atom. The fourth-order valence-corrected chi connectivity index (χ4v) is 2.18. The standard InChI is InChI=1S/C11H18N4O2/c12-10-2-5-15(13-10)8-11(17)14-4-1-9(7-14)3-6-16/h2,5,9,16H,1,3-4,6-8H2,(H2,12,13). The summed E-state index contributed by atoms with van der Waals surface area (Å²) in [5.74, 6) is 0.928. The number of aliphatic hydroxyl groups is 1. The molecule has 17 heavy (non-hydrogen) atoms. The zero-order valence-electron chi connectivity index (χ0n) is 9.75. The summed E-state index contributed by atoms with van der Waals surface area (Å²) in [5, 5.41) is 12.8. The summed E-state index contributed by atoms with van der Waals surface area (Å²) in [6.45, 7) is 1.96. The van der Waals surface area contributed by atoms with Crippen LogP contribution in [0.25, 0.3) is 0 Å². The van der Waals surface area contributed by atoms with Gasteiger partial charge in [0.2, 0.25) is 5.91 Å². The van der Waals surface area contributed by atoms with Gasteiger partial charge in [-0.05, 0) is 24.8 Å². The lowest BCUT2D eigenvalue weighted by atomic mass is 10.1. The molecule has 0 aromatic carbocycles. The van der Waals surface area contributed by atoms with E-state index in [1.807, 2.05) is 4.90 Å². The molecule has 1 aromatic rings. The first kappa shape index (κ1) is 11.9. The third kappa shape index (κ3) is 2.97. The lowest BCUT2D eigenvalue weighted by Crippen LogP contribution is -2.32. The fourth-order valence-electron chi connectivity index (χ4n) is 2.18. The van der Waals surface area contributed by atoms with E-state index < -0.39 is 0 Å². The average molecular weight is 238 g/mol. The molecular formula is C11H18N4O2. The highest BCUT2D eigenvalue weighted by Gasteiger charge is 2.25. The number of aliphatic hydroxyl groups excluding tert-OH is 1. The molecule has 2 rings (SSSR count). The highest BCUT2D eigenvalue weighted by Crippen LogP contribution is 2.19. The molecule has 1 saturated heterocycles. The molecule has 1 atom stereocenters. The number of amides is 1. The second-order valence-corrected chi connectivity index (χ2v) is 4.44. The van der Waals surface area contributed by atoms with Crippen molar-refractivity contribution in [2.45, 2.75) is 19.4 Å². The number of aromatic nitrogens is 2. The van der Waals surface area contributed by atoms with Gasteiger partial charge in [-0.15, -0.1) is 0 Å². The Labute approximate surface area is 100 Å². The minimum absolute atomic E-state index is 0.0635. The second-order valence-electron chi connectivity index (χ2n) is 4.44. The minimum atomic E-state index is 0.0635. The highest BCUT2D eigenvalue weighted by molar-refractivity contribution is 5.76. The van der Waals surface area contributed by atoms with Crippen LogP contribution in [0.15, 0.2) is 12.3 Å². The summed E-state index contributed by atoms with van der Waals surface area (Å²) in [5.41, 5.74) is 5.48. The number of rotatable bonds is 4. The van der Waals surface area contributed by atoms with Crippen LogP contribution in [0.5, 0.6) is 0 Å². The van der Waals surface area contributed by atoms with Crippen LogP contribution in [0.3, 0.4) is 0 Å². The van der Waals surface area contributed by atoms with Crippen LogP contribution >= 0.6 is 0 Å². The van der Waals surface area contributed by atoms with Crippen molar-refractivity contribution in [3.8, 4) is 0 Å². The summed E-state index contributed by atoms with van der Waals surface area (Å²) in [7, 11) is 0. The zero-order chi connectivity index (χ0) is 12.3. The van der Waals surface area contributed by atoms with Gasteiger partial charge in [0.15, 0.2) is 0 Å². The molecule has 94 valence electrons. The van der Waals surface area contributed by atoms with Crippen molar-refractivity contribution >= 4 is 11.7 Å². The van der Waals surface area contributed by atoms with Crippen LogP contribution in [0, 0.1) is 5.92 Å². The number of likely N-dealkylation sites (tertiary alicyclic amines) is 1. The Bertz CT molecular complexity index is 391. The molecule has 1 unspecified atom stereocenters. The number of carbonyl (C=O) groups excluding carboxylic acids is 1. The average Bonchev–Trinajstić information content (AvgIpc) is 2.88. The first-order valence-electron chi connectivity index (χ1n) is 5.86. The van der Waals surface area contributed by atoms with Gasteiger partial charge >= 0.3 is 0 Å². The number of nitrogen functional groups attached to an aromatic ring is 1. The summed E-state index contributed by atoms with van der Waals surface area (Å²) in [4.78, 5) is 13.8. The number of hydrogen-bond acceptors (Lipinski definition) is 4. The molecule has 0 bridgehead atoms. The van der Waals surface area contributed by atoms with E-state index in [9.17, 15) is 4.79 Å². The van der Waals surface area contributed by atoms with Crippen LogP contribution in [0.2, 0.25) is 0 Å². The van der Waals surface area contributed by atoms with E-state index in [0.717, 1.165) is 25.9 Å². The van der Waals surface area contributed by atoms with Gasteiger partial charge in [-0.1, -0.05) is 0 Å². The fraction of sp³-hybridized carbons (Fsp3) is 0.636. The van der Waals surface area contributed by atoms with E-state index in [1.54, 1.807) is 16.9 Å². The summed E-state index contributed by atoms with van der Waals surface area (Å²) < 4.78 is 1.55. The van der Waals surface area contributed by atoms with Crippen molar-refractivity contribution in [3.05, 3.63) is 12.3 Å². The number of nitrogens with zero attached hydrogens (tertiary/aromatic N) is 3. The van der Waals surface area contributed by atoms with E-state index in [4.69, 9.17) is 10.8 Å². The van der Waals surface area contributed by atoms with Crippen molar-refractivity contribution in [2.75, 3.05) is 25.4 Å². The van der Waals surface area contributed by atoms with Crippen LogP contribution in [-0.4, -0.2) is 45.4 Å². The van der Waals surface area contributed by atoms with E-state index in [-0.39, 0.29) is 19.1 Å². The Morgan fingerprint density at radius 1 is 1.65 bits per heavy atom. The van der Waals surface area contributed by atoms with E-state index in [2.05, 4.69) is 5.10 Å². The van der Waals surface area contributed by atoms with Crippen molar-refractivity contribution < 1.29 is 9.90 Å². The van der Waals surface area contributed by atoms with E-state index >= 15 is 0 Å². The van der Waals surface area contributed by atoms with Crippen LogP contribution in [0.4, 0.5) is 5.82 Å². The second kappa shape index (κ2) is 5.18. The third-order valence-electron chi connectivity index (χ3n) is 3.13. The summed E-state index contributed by atoms with van der Waals surface area (Å²) in [6.07, 6.45) is 3.46. The first-order chi connectivity index (χ1) is 8.19. The molecule has 1 aliphatic rings. The number of anilines is 1. The maximum atomic E-state index is 11.9. The van der Waals surface area contributed by atoms with Gasteiger partial charge in [0.25, 0.3) is 0 Å². The lowest BCUT2D eigenvalue weighted by molar-refractivity contribution is -0.131. The van der Waals surface area contributed by atoms with E-state index in [1.165, 1.54) is 0 Å². The Kier molecular flexibility index (Phi) is 3.63. The monoisotopic (exact) mass is 238 g/mol. The Morgan fingerprint density at radius 2 is 2.47 bits per heavy atom. The van der Waals surface area contributed by atoms with Gasteiger partial charge < -0.3 is 15.7 Å². The molecule has 0 spiro atoms. The molecule has 6 heteroatoms. The quantitative estimate of drug-likeness (QED) is 0.754. The first-order valence-corrected chi connectivity index (χ1v) is 5.86. The van der Waals surface area contributed by atoms with Gasteiger partial charge in [0.1, 0.15) is 12.4 Å². The molecule has 2 heterocycles. The topological polar surface area (TPSA) is 84.4 Å². The summed E-state index contributed by atoms with van der Waals surface area (Å²) >= 11 is 0. The van der Waals surface area contributed by atoms with Gasteiger partial charge in [0.05, 0.1) is 0 Å². The van der Waals surface area contributed by atoms with Crippen LogP contribution in [-0.2, 0) is 11.3 Å². The Hall–Kier alpha value is -1.56. The molecule has 0 saturated carbocycles. The minimum Gasteiger partial charge on any atom is -0.396 e. The summed E-state index contributed by atoms with van der Waals surface area (Å²) in [6, 6.07) is 1.67. The number of hydrogen-bond donors (Lipinski definition) is 2. The van der Waals surface area contributed by atoms with Crippen molar-refractivity contribution in [2.24, 2.45) is 5.92 Å². The predicted molar refractivity (Wildman–Crippen MR) is 63.0 cm³/mol. The van der Waals surface area contributed by atoms with Gasteiger partial charge in [-0.2, -0.15) is 5.10 Å². The highest BCUT2D eigenvalue weighted by atomic mass is 16.3. The smallest absolute Gasteiger partial charge is 0.244 e. The largest absolute Gasteiger partial charge is 0.396 e. The molecular weight excluding hydrogens is 220 g/mol. The van der Waals surface area contributed by atoms with Crippen LogP contribution < -0.4 is 5.73 Å². The number of carbonyl (C=O) groups is 1. The van der Waals surface area contributed by atoms with Gasteiger partial charge in [-0.25, -0.2) is 0 Å². The predicted octanol–water partition coefficient (Wildman–Crippen LogP) is -0.304. The number of nitrogens with two attached hydrogens (primary N) is 1. The lowest BCUT2D eigenvalue weighted by Gasteiger charge is -2.16. The van der Waals surface area contributed by atoms with Crippen molar-refractivity contribution in [1.82, 2.24) is 14.7 Å². The SMILES string of the molecule is Nc1ccn(CC(=O)N2CCC(CCO)C2)n1. The molecule has 1 aliphatic heterocycles. The molecule has 0 radical (unpaired) electrons. The van der Waals surface area contributed by atoms with Crippen molar-refractivity contribution in [3.63, 3.8) is 0 Å². The maximum Gasteiger partial charge on any atom is 0.244 e. The molecule has 1 amide bonds. The van der Waals surface area contributed by atoms with E-state index in [0.29, 0.717) is 11.7 Å². The molecule has 6 nitrogen and oxygen atoms in total. The maximum absolute atomic E-state index is 11.9. The zero-order valence-corrected chi connectivity index (χ0v) is 9.75. The molecule has 1 fully saturated rings. The Balaban J connectivity index is 1.85. The normalized spacial score (nSPS) is 19.8. The van der Waals surface area contributed by atoms with Gasteiger partial charge in [-0.3, -0.25) is 9.48 Å². The molecule has 3 N–H and O–H groups in total. The third-order valence-corrected chi connectivity index (χ3v) is 3.13. The molecule has 0 aliphatic carbocycles. The molecule has 1 aromatic heterocycles. The van der Waals surface area contributed by atoms with Gasteiger partial charge in [0, 0.05) is 25.9 Å². The van der Waals surface area contributed by atoms with Crippen LogP contribution in [0.1, 0.15) is 12.8 Å². The van der Waals surface area contributed by atoms with Crippen molar-refractivity contribution in [1.29, 1.82) is 0 Å².